The van der Waals surface area contributed by atoms with Crippen molar-refractivity contribution >= 4 is 22.7 Å². The third-order valence-electron chi connectivity index (χ3n) is 6.85. The maximum absolute atomic E-state index is 13.6. The number of nitrogens with zero attached hydrogens (tertiary/aromatic N) is 2. The summed E-state index contributed by atoms with van der Waals surface area (Å²) < 4.78 is 0. The molecule has 5 heteroatoms. The van der Waals surface area contributed by atoms with E-state index in [-0.39, 0.29) is 24.4 Å². The van der Waals surface area contributed by atoms with Crippen LogP contribution in [0.2, 0.25) is 0 Å². The van der Waals surface area contributed by atoms with Crippen LogP contribution in [0.3, 0.4) is 0 Å². The van der Waals surface area contributed by atoms with Gasteiger partial charge in [0.05, 0.1) is 12.6 Å². The van der Waals surface area contributed by atoms with E-state index in [0.717, 1.165) is 27.7 Å². The fraction of sp³-hybridized carbons (Fsp3) is 0.407. The van der Waals surface area contributed by atoms with Crippen LogP contribution in [0.15, 0.2) is 48.5 Å². The van der Waals surface area contributed by atoms with Crippen LogP contribution in [0.25, 0.3) is 10.9 Å². The lowest BCUT2D eigenvalue weighted by molar-refractivity contribution is -0.159. The van der Waals surface area contributed by atoms with E-state index in [1.807, 2.05) is 17.0 Å². The number of carbonyl (C=O) groups excluding carboxylic acids is 2. The first kappa shape index (κ1) is 20.8. The highest BCUT2D eigenvalue weighted by molar-refractivity contribution is 5.97. The molecule has 32 heavy (non-hydrogen) atoms. The van der Waals surface area contributed by atoms with E-state index in [0.29, 0.717) is 24.8 Å². The normalized spacial score (nSPS) is 20.9. The maximum atomic E-state index is 13.6. The van der Waals surface area contributed by atoms with Crippen LogP contribution in [0.4, 0.5) is 0 Å². The van der Waals surface area contributed by atoms with Gasteiger partial charge in [0.15, 0.2) is 0 Å². The van der Waals surface area contributed by atoms with Gasteiger partial charge in [0.1, 0.15) is 6.04 Å². The first-order valence-electron chi connectivity index (χ1n) is 11.6. The van der Waals surface area contributed by atoms with Crippen molar-refractivity contribution in [3.05, 3.63) is 70.9 Å². The Balaban J connectivity index is 1.65. The minimum Gasteiger partial charge on any atom is -0.356 e. The fourth-order valence-electron chi connectivity index (χ4n) is 5.33. The average Bonchev–Trinajstić information content (AvgIpc) is 3.14. The third kappa shape index (κ3) is 3.31. The molecule has 2 amide bonds. The summed E-state index contributed by atoms with van der Waals surface area (Å²) in [4.78, 5) is 34.2. The first-order chi connectivity index (χ1) is 15.3. The lowest BCUT2D eigenvalue weighted by Gasteiger charge is -2.47. The monoisotopic (exact) mass is 429 g/mol. The highest BCUT2D eigenvalue weighted by Gasteiger charge is 2.48. The Morgan fingerprint density at radius 1 is 1.00 bits per heavy atom. The molecule has 3 aromatic rings. The molecule has 1 aromatic heterocycles. The van der Waals surface area contributed by atoms with Crippen LogP contribution in [-0.4, -0.2) is 45.7 Å². The van der Waals surface area contributed by atoms with E-state index in [2.05, 4.69) is 69.1 Å². The van der Waals surface area contributed by atoms with E-state index in [1.54, 1.807) is 4.90 Å². The Morgan fingerprint density at radius 3 is 2.41 bits per heavy atom. The number of piperazine rings is 1. The van der Waals surface area contributed by atoms with Gasteiger partial charge in [-0.3, -0.25) is 9.59 Å². The number of benzene rings is 2. The molecule has 2 atom stereocenters. The molecule has 2 aromatic carbocycles. The van der Waals surface area contributed by atoms with Gasteiger partial charge in [-0.15, -0.1) is 0 Å². The summed E-state index contributed by atoms with van der Waals surface area (Å²) in [6.45, 7) is 9.30. The van der Waals surface area contributed by atoms with Crippen molar-refractivity contribution in [2.24, 2.45) is 5.92 Å². The summed E-state index contributed by atoms with van der Waals surface area (Å²) in [6.07, 6.45) is 0.555. The van der Waals surface area contributed by atoms with Crippen molar-refractivity contribution in [3.8, 4) is 0 Å². The molecule has 0 aliphatic carbocycles. The Bertz CT molecular complexity index is 1180. The van der Waals surface area contributed by atoms with Crippen molar-refractivity contribution in [2.75, 3.05) is 13.1 Å². The van der Waals surface area contributed by atoms with Crippen molar-refractivity contribution in [1.29, 1.82) is 0 Å². The van der Waals surface area contributed by atoms with Crippen LogP contribution in [0.1, 0.15) is 62.0 Å². The lowest BCUT2D eigenvalue weighted by atomic mass is 9.85. The Hall–Kier alpha value is -3.08. The maximum Gasteiger partial charge on any atom is 0.246 e. The molecule has 5 rings (SSSR count). The molecule has 166 valence electrons. The SMILES string of the molecule is CC(C)CN1CC(=O)N2C(c3ccc(C(C)C)cc3)c3[nH]c4ccccc4c3C[C@H]2C1=O. The zero-order chi connectivity index (χ0) is 22.6. The van der Waals surface area contributed by atoms with E-state index in [9.17, 15) is 9.59 Å². The number of H-pyrrole nitrogens is 1. The van der Waals surface area contributed by atoms with Crippen LogP contribution >= 0.6 is 0 Å². The second kappa shape index (κ2) is 7.80. The summed E-state index contributed by atoms with van der Waals surface area (Å²) in [7, 11) is 0. The van der Waals surface area contributed by atoms with Crippen molar-refractivity contribution in [3.63, 3.8) is 0 Å². The number of amides is 2. The van der Waals surface area contributed by atoms with Crippen LogP contribution in [0.5, 0.6) is 0 Å². The van der Waals surface area contributed by atoms with E-state index in [4.69, 9.17) is 0 Å². The van der Waals surface area contributed by atoms with Crippen LogP contribution in [-0.2, 0) is 16.0 Å². The van der Waals surface area contributed by atoms with Gasteiger partial charge < -0.3 is 14.8 Å². The second-order valence-corrected chi connectivity index (χ2v) is 9.92. The predicted octanol–water partition coefficient (Wildman–Crippen LogP) is 4.63. The van der Waals surface area contributed by atoms with E-state index < -0.39 is 6.04 Å². The third-order valence-corrected chi connectivity index (χ3v) is 6.85. The van der Waals surface area contributed by atoms with Gasteiger partial charge in [0.25, 0.3) is 0 Å². The molecule has 3 heterocycles. The quantitative estimate of drug-likeness (QED) is 0.657. The van der Waals surface area contributed by atoms with Crippen molar-refractivity contribution < 1.29 is 9.59 Å². The van der Waals surface area contributed by atoms with Gasteiger partial charge in [-0.1, -0.05) is 70.2 Å². The number of fused-ring (bicyclic) bond motifs is 4. The van der Waals surface area contributed by atoms with Gasteiger partial charge in [-0.2, -0.15) is 0 Å². The molecule has 0 saturated carbocycles. The first-order valence-corrected chi connectivity index (χ1v) is 11.6. The Morgan fingerprint density at radius 2 is 1.72 bits per heavy atom. The molecule has 0 bridgehead atoms. The van der Waals surface area contributed by atoms with Gasteiger partial charge >= 0.3 is 0 Å². The summed E-state index contributed by atoms with van der Waals surface area (Å²) in [5.74, 6) is 0.856. The largest absolute Gasteiger partial charge is 0.356 e. The molecule has 0 spiro atoms. The molecule has 5 nitrogen and oxygen atoms in total. The molecular weight excluding hydrogens is 398 g/mol. The topological polar surface area (TPSA) is 56.4 Å². The number of aromatic nitrogens is 1. The van der Waals surface area contributed by atoms with Gasteiger partial charge in [0.2, 0.25) is 11.8 Å². The summed E-state index contributed by atoms with van der Waals surface area (Å²) in [5, 5.41) is 1.15. The highest BCUT2D eigenvalue weighted by Crippen LogP contribution is 2.42. The molecule has 0 radical (unpaired) electrons. The smallest absolute Gasteiger partial charge is 0.246 e. The number of carbonyl (C=O) groups is 2. The number of aromatic amines is 1. The Kier molecular flexibility index (Phi) is 5.07. The number of hydrogen-bond donors (Lipinski definition) is 1. The lowest BCUT2D eigenvalue weighted by Crippen LogP contribution is -2.63. The number of hydrogen-bond acceptors (Lipinski definition) is 2. The number of nitrogens with one attached hydrogen (secondary N) is 1. The van der Waals surface area contributed by atoms with Crippen LogP contribution < -0.4 is 0 Å². The zero-order valence-corrected chi connectivity index (χ0v) is 19.3. The molecule has 1 saturated heterocycles. The molecule has 2 aliphatic rings. The minimum atomic E-state index is -0.462. The summed E-state index contributed by atoms with van der Waals surface area (Å²) >= 11 is 0. The van der Waals surface area contributed by atoms with Crippen LogP contribution in [0, 0.1) is 5.92 Å². The molecular formula is C27H31N3O2. The minimum absolute atomic E-state index is 0.0255. The number of rotatable bonds is 4. The highest BCUT2D eigenvalue weighted by atomic mass is 16.2. The average molecular weight is 430 g/mol. The summed E-state index contributed by atoms with van der Waals surface area (Å²) in [5.41, 5.74) is 5.57. The van der Waals surface area contributed by atoms with Gasteiger partial charge in [-0.25, -0.2) is 0 Å². The molecule has 1 unspecified atom stereocenters. The van der Waals surface area contributed by atoms with Gasteiger partial charge in [-0.05, 0) is 34.6 Å². The second-order valence-electron chi connectivity index (χ2n) is 9.92. The Labute approximate surface area is 189 Å². The molecule has 1 fully saturated rings. The fourth-order valence-corrected chi connectivity index (χ4v) is 5.33. The zero-order valence-electron chi connectivity index (χ0n) is 19.3. The van der Waals surface area contributed by atoms with Crippen molar-refractivity contribution in [2.45, 2.75) is 52.1 Å². The number of para-hydroxylation sites is 1. The van der Waals surface area contributed by atoms with E-state index in [1.165, 1.54) is 5.56 Å². The molecule has 2 aliphatic heterocycles. The summed E-state index contributed by atoms with van der Waals surface area (Å²) in [6, 6.07) is 16.0. The van der Waals surface area contributed by atoms with E-state index >= 15 is 0 Å². The predicted molar refractivity (Wildman–Crippen MR) is 126 cm³/mol. The van der Waals surface area contributed by atoms with Crippen molar-refractivity contribution in [1.82, 2.24) is 14.8 Å². The van der Waals surface area contributed by atoms with Gasteiger partial charge in [0, 0.05) is 29.6 Å². The standard InChI is InChI=1S/C27H31N3O2/c1-16(2)14-29-15-24(31)30-23(27(29)32)13-21-20-7-5-6-8-22(20)28-25(21)26(30)19-11-9-18(10-12-19)17(3)4/h5-12,16-17,23,26,28H,13-15H2,1-4H3/t23-,26?/m0/s1. The molecule has 1 N–H and O–H groups in total.